The minimum Gasteiger partial charge on any atom is -0.381 e. The third-order valence-electron chi connectivity index (χ3n) is 2.36. The van der Waals surface area contributed by atoms with Gasteiger partial charge in [0.15, 0.2) is 0 Å². The van der Waals surface area contributed by atoms with Crippen LogP contribution in [0.2, 0.25) is 0 Å². The molecule has 5 heteroatoms. The Balaban J connectivity index is 3.81. The molecule has 0 rings (SSSR count). The Morgan fingerprint density at radius 1 is 1.31 bits per heavy atom. The van der Waals surface area contributed by atoms with E-state index in [-0.39, 0.29) is 17.1 Å². The van der Waals surface area contributed by atoms with E-state index in [1.54, 1.807) is 0 Å². The van der Waals surface area contributed by atoms with E-state index < -0.39 is 9.05 Å². The number of rotatable bonds is 7. The van der Waals surface area contributed by atoms with Gasteiger partial charge in [0.25, 0.3) is 0 Å². The van der Waals surface area contributed by atoms with Gasteiger partial charge in [-0.25, -0.2) is 8.42 Å². The zero-order valence-electron chi connectivity index (χ0n) is 10.6. The second-order valence-electron chi connectivity index (χ2n) is 5.37. The first-order chi connectivity index (χ1) is 7.14. The summed E-state index contributed by atoms with van der Waals surface area (Å²) in [7, 11) is 1.80. The standard InChI is InChI=1S/C11H23ClO3S/c1-5-10(9-16(12,13)14)8-15-7-6-11(2,3)4/h10H,5-9H2,1-4H3. The minimum absolute atomic E-state index is 0.000569. The Labute approximate surface area is 104 Å². The van der Waals surface area contributed by atoms with Crippen molar-refractivity contribution in [1.82, 2.24) is 0 Å². The molecule has 0 aromatic heterocycles. The van der Waals surface area contributed by atoms with Crippen LogP contribution >= 0.6 is 10.7 Å². The van der Waals surface area contributed by atoms with Crippen LogP contribution in [0.5, 0.6) is 0 Å². The molecule has 0 fully saturated rings. The Kier molecular flexibility index (Phi) is 6.90. The molecule has 0 saturated carbocycles. The SMILES string of the molecule is CCC(COCCC(C)(C)C)CS(=O)(=O)Cl. The van der Waals surface area contributed by atoms with Crippen LogP contribution < -0.4 is 0 Å². The summed E-state index contributed by atoms with van der Waals surface area (Å²) < 4.78 is 27.3. The number of ether oxygens (including phenoxy) is 1. The zero-order chi connectivity index (χ0) is 12.8. The summed E-state index contributed by atoms with van der Waals surface area (Å²) >= 11 is 0. The smallest absolute Gasteiger partial charge is 0.232 e. The van der Waals surface area contributed by atoms with Crippen molar-refractivity contribution in [3.8, 4) is 0 Å². The van der Waals surface area contributed by atoms with Gasteiger partial charge in [0.1, 0.15) is 0 Å². The average molecular weight is 271 g/mol. The molecular formula is C11H23ClO3S. The van der Waals surface area contributed by atoms with Crippen LogP contribution in [0.15, 0.2) is 0 Å². The van der Waals surface area contributed by atoms with Gasteiger partial charge in [0, 0.05) is 17.3 Å². The highest BCUT2D eigenvalue weighted by Crippen LogP contribution is 2.18. The van der Waals surface area contributed by atoms with Gasteiger partial charge >= 0.3 is 0 Å². The molecule has 0 heterocycles. The summed E-state index contributed by atoms with van der Waals surface area (Å²) in [4.78, 5) is 0. The monoisotopic (exact) mass is 270 g/mol. The quantitative estimate of drug-likeness (QED) is 0.528. The topological polar surface area (TPSA) is 43.4 Å². The predicted molar refractivity (Wildman–Crippen MR) is 68.3 cm³/mol. The minimum atomic E-state index is -3.41. The van der Waals surface area contributed by atoms with Gasteiger partial charge in [-0.15, -0.1) is 0 Å². The fourth-order valence-electron chi connectivity index (χ4n) is 1.19. The molecule has 16 heavy (non-hydrogen) atoms. The van der Waals surface area contributed by atoms with Crippen molar-refractivity contribution in [3.05, 3.63) is 0 Å². The second kappa shape index (κ2) is 6.82. The lowest BCUT2D eigenvalue weighted by atomic mass is 9.93. The van der Waals surface area contributed by atoms with E-state index >= 15 is 0 Å². The van der Waals surface area contributed by atoms with E-state index in [0.29, 0.717) is 13.2 Å². The van der Waals surface area contributed by atoms with E-state index in [1.807, 2.05) is 6.92 Å². The molecule has 3 nitrogen and oxygen atoms in total. The molecule has 0 aromatic carbocycles. The maximum atomic E-state index is 10.9. The maximum absolute atomic E-state index is 10.9. The van der Waals surface area contributed by atoms with Crippen LogP contribution in [-0.2, 0) is 13.8 Å². The molecule has 0 aliphatic rings. The number of halogens is 1. The highest BCUT2D eigenvalue weighted by atomic mass is 35.7. The number of hydrogen-bond donors (Lipinski definition) is 0. The van der Waals surface area contributed by atoms with Crippen molar-refractivity contribution >= 4 is 19.7 Å². The molecule has 0 amide bonds. The molecule has 0 aliphatic carbocycles. The van der Waals surface area contributed by atoms with Crippen LogP contribution in [-0.4, -0.2) is 27.4 Å². The molecular weight excluding hydrogens is 248 g/mol. The highest BCUT2D eigenvalue weighted by molar-refractivity contribution is 8.13. The van der Waals surface area contributed by atoms with Crippen molar-refractivity contribution in [1.29, 1.82) is 0 Å². The largest absolute Gasteiger partial charge is 0.381 e. The van der Waals surface area contributed by atoms with Crippen LogP contribution in [0.1, 0.15) is 40.5 Å². The van der Waals surface area contributed by atoms with Crippen molar-refractivity contribution in [2.24, 2.45) is 11.3 Å². The first-order valence-corrected chi connectivity index (χ1v) is 8.12. The lowest BCUT2D eigenvalue weighted by Gasteiger charge is -2.19. The van der Waals surface area contributed by atoms with Gasteiger partial charge in [0.2, 0.25) is 9.05 Å². The Hall–Kier alpha value is 0.200. The van der Waals surface area contributed by atoms with Crippen molar-refractivity contribution in [2.75, 3.05) is 19.0 Å². The molecule has 0 aliphatic heterocycles. The third-order valence-corrected chi connectivity index (χ3v) is 3.61. The van der Waals surface area contributed by atoms with Gasteiger partial charge in [-0.05, 0) is 17.8 Å². The zero-order valence-corrected chi connectivity index (χ0v) is 12.2. The predicted octanol–water partition coefficient (Wildman–Crippen LogP) is 3.03. The van der Waals surface area contributed by atoms with E-state index in [1.165, 1.54) is 0 Å². The molecule has 98 valence electrons. The molecule has 0 radical (unpaired) electrons. The van der Waals surface area contributed by atoms with Crippen LogP contribution in [0.3, 0.4) is 0 Å². The van der Waals surface area contributed by atoms with Crippen molar-refractivity contribution in [2.45, 2.75) is 40.5 Å². The summed E-state index contributed by atoms with van der Waals surface area (Å²) in [5, 5.41) is 0. The summed E-state index contributed by atoms with van der Waals surface area (Å²) in [6, 6.07) is 0. The second-order valence-corrected chi connectivity index (χ2v) is 8.19. The number of hydrogen-bond acceptors (Lipinski definition) is 3. The normalized spacial score (nSPS) is 15.1. The molecule has 0 N–H and O–H groups in total. The molecule has 0 aromatic rings. The fraction of sp³-hybridized carbons (Fsp3) is 1.00. The van der Waals surface area contributed by atoms with E-state index in [2.05, 4.69) is 20.8 Å². The van der Waals surface area contributed by atoms with Crippen LogP contribution in [0.25, 0.3) is 0 Å². The van der Waals surface area contributed by atoms with E-state index in [9.17, 15) is 8.42 Å². The van der Waals surface area contributed by atoms with Gasteiger partial charge < -0.3 is 4.74 Å². The Morgan fingerprint density at radius 3 is 2.25 bits per heavy atom. The van der Waals surface area contributed by atoms with Gasteiger partial charge in [-0.3, -0.25) is 0 Å². The molecule has 1 atom stereocenters. The fourth-order valence-corrected chi connectivity index (χ4v) is 2.62. The van der Waals surface area contributed by atoms with E-state index in [0.717, 1.165) is 12.8 Å². The van der Waals surface area contributed by atoms with Gasteiger partial charge in [-0.1, -0.05) is 34.1 Å². The van der Waals surface area contributed by atoms with E-state index in [4.69, 9.17) is 15.4 Å². The summed E-state index contributed by atoms with van der Waals surface area (Å²) in [6.07, 6.45) is 1.73. The lowest BCUT2D eigenvalue weighted by molar-refractivity contribution is 0.0839. The Bertz CT molecular complexity index is 280. The molecule has 0 spiro atoms. The summed E-state index contributed by atoms with van der Waals surface area (Å²) in [5.74, 6) is 0.00285. The van der Waals surface area contributed by atoms with Gasteiger partial charge in [0.05, 0.1) is 12.4 Å². The molecule has 0 saturated heterocycles. The van der Waals surface area contributed by atoms with Crippen LogP contribution in [0.4, 0.5) is 0 Å². The van der Waals surface area contributed by atoms with Crippen molar-refractivity contribution in [3.63, 3.8) is 0 Å². The van der Waals surface area contributed by atoms with Crippen LogP contribution in [0, 0.1) is 11.3 Å². The first kappa shape index (κ1) is 16.2. The molecule has 0 bridgehead atoms. The molecule has 1 unspecified atom stereocenters. The third kappa shape index (κ3) is 10.7. The first-order valence-electron chi connectivity index (χ1n) is 5.64. The summed E-state index contributed by atoms with van der Waals surface area (Å²) in [5.41, 5.74) is 0.250. The summed E-state index contributed by atoms with van der Waals surface area (Å²) in [6.45, 7) is 9.53. The Morgan fingerprint density at radius 2 is 1.88 bits per heavy atom. The lowest BCUT2D eigenvalue weighted by Crippen LogP contribution is -2.19. The average Bonchev–Trinajstić information content (AvgIpc) is 2.06. The highest BCUT2D eigenvalue weighted by Gasteiger charge is 2.16. The van der Waals surface area contributed by atoms with Crippen molar-refractivity contribution < 1.29 is 13.2 Å². The maximum Gasteiger partial charge on any atom is 0.232 e. The van der Waals surface area contributed by atoms with Gasteiger partial charge in [-0.2, -0.15) is 0 Å².